The predicted molar refractivity (Wildman–Crippen MR) is 67.1 cm³/mol. The Morgan fingerprint density at radius 2 is 1.89 bits per heavy atom. The zero-order chi connectivity index (χ0) is 14.5. The van der Waals surface area contributed by atoms with Crippen LogP contribution in [0, 0.1) is 5.92 Å². The van der Waals surface area contributed by atoms with Gasteiger partial charge in [0.05, 0.1) is 12.9 Å². The van der Waals surface area contributed by atoms with Gasteiger partial charge >= 0.3 is 5.38 Å². The van der Waals surface area contributed by atoms with Gasteiger partial charge in [0, 0.05) is 5.92 Å². The number of alkyl halides is 3. The van der Waals surface area contributed by atoms with Crippen molar-refractivity contribution in [2.75, 3.05) is 6.61 Å². The number of hydrogen-bond donors (Lipinski definition) is 0. The molecule has 1 fully saturated rings. The molecule has 0 aliphatic heterocycles. The third-order valence-electron chi connectivity index (χ3n) is 3.11. The average Bonchev–Trinajstić information content (AvgIpc) is 2.38. The fourth-order valence-electron chi connectivity index (χ4n) is 2.13. The largest absolute Gasteiger partial charge is 0.501 e. The summed E-state index contributed by atoms with van der Waals surface area (Å²) in [6, 6.07) is 0. The van der Waals surface area contributed by atoms with Crippen LogP contribution in [0.3, 0.4) is 0 Å². The molecule has 0 radical (unpaired) electrons. The normalized spacial score (nSPS) is 18.2. The van der Waals surface area contributed by atoms with Gasteiger partial charge in [-0.05, 0) is 31.4 Å². The number of ether oxygens (including phenoxy) is 1. The maximum Gasteiger partial charge on any atom is 0.385 e. The molecule has 0 bridgehead atoms. The zero-order valence-electron chi connectivity index (χ0n) is 10.8. The summed E-state index contributed by atoms with van der Waals surface area (Å²) in [6.45, 7) is 1.81. The summed E-state index contributed by atoms with van der Waals surface area (Å²) in [5.41, 5.74) is -0.631. The fourth-order valence-corrected chi connectivity index (χ4v) is 2.23. The van der Waals surface area contributed by atoms with Crippen LogP contribution in [-0.4, -0.2) is 23.6 Å². The van der Waals surface area contributed by atoms with E-state index >= 15 is 0 Å². The molecule has 1 aliphatic carbocycles. The van der Waals surface area contributed by atoms with Gasteiger partial charge in [-0.1, -0.05) is 19.3 Å². The van der Waals surface area contributed by atoms with Crippen LogP contribution in [-0.2, 0) is 14.3 Å². The van der Waals surface area contributed by atoms with Gasteiger partial charge in [-0.3, -0.25) is 9.59 Å². The highest BCUT2D eigenvalue weighted by molar-refractivity contribution is 6.39. The van der Waals surface area contributed by atoms with Crippen molar-refractivity contribution in [1.82, 2.24) is 0 Å². The van der Waals surface area contributed by atoms with Crippen molar-refractivity contribution in [3.05, 3.63) is 11.8 Å². The molecule has 6 heteroatoms. The predicted octanol–water partition coefficient (Wildman–Crippen LogP) is 3.46. The van der Waals surface area contributed by atoms with Crippen molar-refractivity contribution < 1.29 is 23.1 Å². The maximum atomic E-state index is 12.9. The molecular weight excluding hydrogens is 278 g/mol. The molecule has 0 N–H and O–H groups in total. The Labute approximate surface area is 115 Å². The standard InChI is InChI=1S/C13H17ClF2O3/c1-2-19-8-10(12(18)13(14,15)16)11(17)9-6-4-3-5-7-9/h8-9H,2-7H2,1H3/b10-8+. The zero-order valence-corrected chi connectivity index (χ0v) is 11.5. The molecule has 0 aromatic carbocycles. The summed E-state index contributed by atoms with van der Waals surface area (Å²) in [5.74, 6) is -2.65. The number of ketones is 2. The topological polar surface area (TPSA) is 43.4 Å². The first-order valence-corrected chi connectivity index (χ1v) is 6.73. The highest BCUT2D eigenvalue weighted by Crippen LogP contribution is 2.30. The smallest absolute Gasteiger partial charge is 0.385 e. The highest BCUT2D eigenvalue weighted by Gasteiger charge is 2.42. The van der Waals surface area contributed by atoms with Crippen LogP contribution in [0.1, 0.15) is 39.0 Å². The molecule has 0 spiro atoms. The van der Waals surface area contributed by atoms with Gasteiger partial charge in [0.25, 0.3) is 5.78 Å². The quantitative estimate of drug-likeness (QED) is 0.248. The number of rotatable bonds is 6. The molecule has 19 heavy (non-hydrogen) atoms. The first-order valence-electron chi connectivity index (χ1n) is 6.35. The molecule has 0 aromatic rings. The Morgan fingerprint density at radius 3 is 2.37 bits per heavy atom. The Kier molecular flexibility index (Phi) is 5.91. The lowest BCUT2D eigenvalue weighted by Crippen LogP contribution is -2.31. The first-order chi connectivity index (χ1) is 8.88. The van der Waals surface area contributed by atoms with E-state index < -0.39 is 22.5 Å². The third-order valence-corrected chi connectivity index (χ3v) is 3.28. The maximum absolute atomic E-state index is 12.9. The number of halogens is 3. The minimum absolute atomic E-state index is 0.183. The Morgan fingerprint density at radius 1 is 1.32 bits per heavy atom. The molecule has 0 aromatic heterocycles. The second kappa shape index (κ2) is 6.98. The minimum Gasteiger partial charge on any atom is -0.501 e. The lowest BCUT2D eigenvalue weighted by molar-refractivity contribution is -0.133. The summed E-state index contributed by atoms with van der Waals surface area (Å²) in [4.78, 5) is 23.6. The lowest BCUT2D eigenvalue weighted by atomic mass is 9.83. The van der Waals surface area contributed by atoms with E-state index in [4.69, 9.17) is 16.3 Å². The number of hydrogen-bond acceptors (Lipinski definition) is 3. The second-order valence-corrected chi connectivity index (χ2v) is 4.99. The fraction of sp³-hybridized carbons (Fsp3) is 0.692. The van der Waals surface area contributed by atoms with Crippen LogP contribution >= 0.6 is 11.6 Å². The molecular formula is C13H17ClF2O3. The van der Waals surface area contributed by atoms with E-state index in [1.54, 1.807) is 6.92 Å². The van der Waals surface area contributed by atoms with E-state index in [0.29, 0.717) is 12.8 Å². The molecule has 0 unspecified atom stereocenters. The van der Waals surface area contributed by atoms with E-state index in [9.17, 15) is 18.4 Å². The number of carbonyl (C=O) groups is 2. The number of allylic oxidation sites excluding steroid dienone is 1. The average molecular weight is 295 g/mol. The number of carbonyl (C=O) groups excluding carboxylic acids is 2. The van der Waals surface area contributed by atoms with Crippen LogP contribution < -0.4 is 0 Å². The monoisotopic (exact) mass is 294 g/mol. The Balaban J connectivity index is 2.90. The van der Waals surface area contributed by atoms with E-state index in [1.807, 2.05) is 0 Å². The number of Topliss-reactive ketones (excluding diaryl/α,β-unsaturated/α-hetero) is 2. The van der Waals surface area contributed by atoms with Crippen LogP contribution in [0.25, 0.3) is 0 Å². The lowest BCUT2D eigenvalue weighted by Gasteiger charge is -2.21. The van der Waals surface area contributed by atoms with Gasteiger partial charge in [0.15, 0.2) is 5.78 Å². The highest BCUT2D eigenvalue weighted by atomic mass is 35.5. The van der Waals surface area contributed by atoms with Crippen molar-refractivity contribution in [2.45, 2.75) is 44.4 Å². The van der Waals surface area contributed by atoms with Crippen molar-refractivity contribution in [3.8, 4) is 0 Å². The van der Waals surface area contributed by atoms with Gasteiger partial charge in [0.1, 0.15) is 5.57 Å². The Hall–Kier alpha value is -0.970. The molecule has 108 valence electrons. The van der Waals surface area contributed by atoms with Crippen molar-refractivity contribution in [1.29, 1.82) is 0 Å². The summed E-state index contributed by atoms with van der Waals surface area (Å²) in [7, 11) is 0. The minimum atomic E-state index is -4.08. The summed E-state index contributed by atoms with van der Waals surface area (Å²) >= 11 is 4.71. The Bertz CT molecular complexity index is 369. The molecule has 0 saturated heterocycles. The first kappa shape index (κ1) is 16.1. The van der Waals surface area contributed by atoms with Gasteiger partial charge < -0.3 is 4.74 Å². The van der Waals surface area contributed by atoms with Gasteiger partial charge in [0.2, 0.25) is 0 Å². The summed E-state index contributed by atoms with van der Waals surface area (Å²) < 4.78 is 30.6. The van der Waals surface area contributed by atoms with E-state index in [-0.39, 0.29) is 12.5 Å². The van der Waals surface area contributed by atoms with Crippen LogP contribution in [0.4, 0.5) is 8.78 Å². The summed E-state index contributed by atoms with van der Waals surface area (Å²) in [5, 5.41) is -4.08. The summed E-state index contributed by atoms with van der Waals surface area (Å²) in [6.07, 6.45) is 4.80. The molecule has 0 atom stereocenters. The molecule has 1 rings (SSSR count). The van der Waals surface area contributed by atoms with E-state index in [2.05, 4.69) is 0 Å². The molecule has 1 aliphatic rings. The van der Waals surface area contributed by atoms with Gasteiger partial charge in [-0.25, -0.2) is 0 Å². The van der Waals surface area contributed by atoms with Crippen molar-refractivity contribution in [3.63, 3.8) is 0 Å². The van der Waals surface area contributed by atoms with Crippen LogP contribution in [0.5, 0.6) is 0 Å². The van der Waals surface area contributed by atoms with Gasteiger partial charge in [-0.15, -0.1) is 0 Å². The van der Waals surface area contributed by atoms with Crippen LogP contribution in [0.15, 0.2) is 11.8 Å². The molecule has 0 heterocycles. The van der Waals surface area contributed by atoms with E-state index in [1.165, 1.54) is 0 Å². The van der Waals surface area contributed by atoms with Crippen LogP contribution in [0.2, 0.25) is 0 Å². The second-order valence-electron chi connectivity index (χ2n) is 4.51. The SMILES string of the molecule is CCO/C=C(\C(=O)C1CCCCC1)C(=O)C(F)(F)Cl. The van der Waals surface area contributed by atoms with Gasteiger partial charge in [-0.2, -0.15) is 8.78 Å². The van der Waals surface area contributed by atoms with E-state index in [0.717, 1.165) is 25.5 Å². The molecule has 1 saturated carbocycles. The van der Waals surface area contributed by atoms with Crippen molar-refractivity contribution in [2.24, 2.45) is 5.92 Å². The molecule has 3 nitrogen and oxygen atoms in total. The van der Waals surface area contributed by atoms with Crippen molar-refractivity contribution >= 4 is 23.2 Å². The molecule has 0 amide bonds. The third kappa shape index (κ3) is 4.56.